The average Bonchev–Trinajstić information content (AvgIpc) is 2.66. The van der Waals surface area contributed by atoms with Crippen LogP contribution in [0.4, 0.5) is 0 Å². The molecule has 2 saturated heterocycles. The van der Waals surface area contributed by atoms with Gasteiger partial charge < -0.3 is 11.1 Å². The standard InChI is InChI=1S/C11H21N3O/c1-2-9(11(12)15)14-5-3-4-8-6-13-7-10(8)14/h8-10,13H,2-7H2,1H3,(H2,12,15). The Morgan fingerprint density at radius 1 is 1.60 bits per heavy atom. The van der Waals surface area contributed by atoms with E-state index in [1.165, 1.54) is 12.8 Å². The van der Waals surface area contributed by atoms with E-state index in [-0.39, 0.29) is 11.9 Å². The van der Waals surface area contributed by atoms with E-state index in [0.717, 1.165) is 32.0 Å². The second kappa shape index (κ2) is 4.49. The molecule has 0 bridgehead atoms. The topological polar surface area (TPSA) is 58.4 Å². The summed E-state index contributed by atoms with van der Waals surface area (Å²) in [4.78, 5) is 13.7. The maximum Gasteiger partial charge on any atom is 0.234 e. The second-order valence-electron chi connectivity index (χ2n) is 4.69. The third-order valence-corrected chi connectivity index (χ3v) is 3.84. The zero-order valence-corrected chi connectivity index (χ0v) is 9.41. The van der Waals surface area contributed by atoms with Crippen molar-refractivity contribution in [2.45, 2.75) is 38.3 Å². The van der Waals surface area contributed by atoms with Gasteiger partial charge in [-0.15, -0.1) is 0 Å². The first-order valence-electron chi connectivity index (χ1n) is 5.99. The summed E-state index contributed by atoms with van der Waals surface area (Å²) in [6.45, 7) is 5.20. The van der Waals surface area contributed by atoms with E-state index in [0.29, 0.717) is 6.04 Å². The monoisotopic (exact) mass is 211 g/mol. The van der Waals surface area contributed by atoms with Crippen LogP contribution < -0.4 is 11.1 Å². The van der Waals surface area contributed by atoms with E-state index in [9.17, 15) is 4.79 Å². The zero-order chi connectivity index (χ0) is 10.8. The minimum Gasteiger partial charge on any atom is -0.368 e. The highest BCUT2D eigenvalue weighted by atomic mass is 16.1. The summed E-state index contributed by atoms with van der Waals surface area (Å²) in [6.07, 6.45) is 3.33. The molecular formula is C11H21N3O. The lowest BCUT2D eigenvalue weighted by atomic mass is 9.90. The van der Waals surface area contributed by atoms with Crippen LogP contribution in [0.3, 0.4) is 0 Å². The van der Waals surface area contributed by atoms with Gasteiger partial charge in [0.05, 0.1) is 6.04 Å². The molecule has 0 saturated carbocycles. The summed E-state index contributed by atoms with van der Waals surface area (Å²) in [5, 5.41) is 3.42. The summed E-state index contributed by atoms with van der Waals surface area (Å²) in [5.74, 6) is 0.567. The molecule has 0 aliphatic carbocycles. The van der Waals surface area contributed by atoms with Crippen molar-refractivity contribution in [3.63, 3.8) is 0 Å². The molecule has 0 aromatic rings. The first-order chi connectivity index (χ1) is 7.24. The van der Waals surface area contributed by atoms with E-state index in [4.69, 9.17) is 5.73 Å². The predicted molar refractivity (Wildman–Crippen MR) is 59.4 cm³/mol. The van der Waals surface area contributed by atoms with Crippen molar-refractivity contribution in [1.29, 1.82) is 0 Å². The van der Waals surface area contributed by atoms with Gasteiger partial charge in [-0.05, 0) is 38.3 Å². The Morgan fingerprint density at radius 3 is 3.07 bits per heavy atom. The summed E-state index contributed by atoms with van der Waals surface area (Å²) in [5.41, 5.74) is 5.46. The second-order valence-corrected chi connectivity index (χ2v) is 4.69. The zero-order valence-electron chi connectivity index (χ0n) is 9.41. The van der Waals surface area contributed by atoms with Gasteiger partial charge in [-0.3, -0.25) is 9.69 Å². The Morgan fingerprint density at radius 2 is 2.40 bits per heavy atom. The van der Waals surface area contributed by atoms with Gasteiger partial charge in [-0.2, -0.15) is 0 Å². The van der Waals surface area contributed by atoms with Gasteiger partial charge >= 0.3 is 0 Å². The van der Waals surface area contributed by atoms with Crippen molar-refractivity contribution in [2.24, 2.45) is 11.7 Å². The number of hydrogen-bond acceptors (Lipinski definition) is 3. The number of amides is 1. The molecule has 86 valence electrons. The lowest BCUT2D eigenvalue weighted by Gasteiger charge is -2.40. The maximum atomic E-state index is 11.4. The molecule has 2 heterocycles. The Balaban J connectivity index is 2.09. The first kappa shape index (κ1) is 10.9. The summed E-state index contributed by atoms with van der Waals surface area (Å²) < 4.78 is 0. The number of carbonyl (C=O) groups excluding carboxylic acids is 1. The third kappa shape index (κ3) is 2.01. The smallest absolute Gasteiger partial charge is 0.234 e. The van der Waals surface area contributed by atoms with Crippen molar-refractivity contribution in [2.75, 3.05) is 19.6 Å². The van der Waals surface area contributed by atoms with Crippen molar-refractivity contribution in [3.8, 4) is 0 Å². The van der Waals surface area contributed by atoms with Crippen LogP contribution in [-0.2, 0) is 4.79 Å². The number of rotatable bonds is 3. The Hall–Kier alpha value is -0.610. The van der Waals surface area contributed by atoms with Gasteiger partial charge in [0.1, 0.15) is 0 Å². The van der Waals surface area contributed by atoms with Crippen LogP contribution in [0.15, 0.2) is 0 Å². The number of likely N-dealkylation sites (tertiary alicyclic amines) is 1. The van der Waals surface area contributed by atoms with Gasteiger partial charge in [0.25, 0.3) is 0 Å². The third-order valence-electron chi connectivity index (χ3n) is 3.84. The molecule has 0 radical (unpaired) electrons. The molecule has 1 amide bonds. The van der Waals surface area contributed by atoms with E-state index in [2.05, 4.69) is 10.2 Å². The molecule has 3 unspecified atom stereocenters. The number of piperidine rings is 1. The van der Waals surface area contributed by atoms with E-state index >= 15 is 0 Å². The highest BCUT2D eigenvalue weighted by molar-refractivity contribution is 5.79. The first-order valence-corrected chi connectivity index (χ1v) is 5.99. The molecule has 0 spiro atoms. The summed E-state index contributed by atoms with van der Waals surface area (Å²) in [7, 11) is 0. The Bertz CT molecular complexity index is 244. The fourth-order valence-electron chi connectivity index (χ4n) is 3.09. The minimum absolute atomic E-state index is 0.0577. The molecule has 2 aliphatic heterocycles. The quantitative estimate of drug-likeness (QED) is 0.687. The fourth-order valence-corrected chi connectivity index (χ4v) is 3.09. The minimum atomic E-state index is -0.162. The number of primary amides is 1. The molecule has 3 N–H and O–H groups in total. The molecule has 0 aromatic carbocycles. The highest BCUT2D eigenvalue weighted by Crippen LogP contribution is 2.28. The molecule has 15 heavy (non-hydrogen) atoms. The molecule has 2 rings (SSSR count). The lowest BCUT2D eigenvalue weighted by molar-refractivity contribution is -0.125. The lowest BCUT2D eigenvalue weighted by Crippen LogP contribution is -2.54. The van der Waals surface area contributed by atoms with Crippen LogP contribution in [0, 0.1) is 5.92 Å². The van der Waals surface area contributed by atoms with Crippen LogP contribution in [0.25, 0.3) is 0 Å². The molecule has 3 atom stereocenters. The highest BCUT2D eigenvalue weighted by Gasteiger charge is 2.39. The number of nitrogens with one attached hydrogen (secondary N) is 1. The maximum absolute atomic E-state index is 11.4. The van der Waals surface area contributed by atoms with E-state index in [1.54, 1.807) is 0 Å². The van der Waals surface area contributed by atoms with Crippen LogP contribution in [0.5, 0.6) is 0 Å². The number of hydrogen-bond donors (Lipinski definition) is 2. The van der Waals surface area contributed by atoms with Gasteiger partial charge in [-0.25, -0.2) is 0 Å². The average molecular weight is 211 g/mol. The molecule has 0 aromatic heterocycles. The van der Waals surface area contributed by atoms with Gasteiger partial charge in [0, 0.05) is 12.6 Å². The SMILES string of the molecule is CCC(C(N)=O)N1CCCC2CNCC21. The molecule has 2 fully saturated rings. The van der Waals surface area contributed by atoms with Crippen LogP contribution in [-0.4, -0.2) is 42.5 Å². The fraction of sp³-hybridized carbons (Fsp3) is 0.909. The van der Waals surface area contributed by atoms with Gasteiger partial charge in [0.15, 0.2) is 0 Å². The van der Waals surface area contributed by atoms with E-state index < -0.39 is 0 Å². The van der Waals surface area contributed by atoms with Crippen molar-refractivity contribution < 1.29 is 4.79 Å². The Kier molecular flexibility index (Phi) is 3.26. The summed E-state index contributed by atoms with van der Waals surface area (Å²) >= 11 is 0. The van der Waals surface area contributed by atoms with Gasteiger partial charge in [0.2, 0.25) is 5.91 Å². The van der Waals surface area contributed by atoms with Crippen LogP contribution in [0.2, 0.25) is 0 Å². The van der Waals surface area contributed by atoms with Crippen molar-refractivity contribution in [3.05, 3.63) is 0 Å². The number of carbonyl (C=O) groups is 1. The number of fused-ring (bicyclic) bond motifs is 1. The number of nitrogens with two attached hydrogens (primary N) is 1. The van der Waals surface area contributed by atoms with Crippen LogP contribution >= 0.6 is 0 Å². The summed E-state index contributed by atoms with van der Waals surface area (Å²) in [6, 6.07) is 0.480. The molecule has 4 nitrogen and oxygen atoms in total. The van der Waals surface area contributed by atoms with Crippen LogP contribution in [0.1, 0.15) is 26.2 Å². The molecule has 2 aliphatic rings. The van der Waals surface area contributed by atoms with E-state index in [1.807, 2.05) is 6.92 Å². The van der Waals surface area contributed by atoms with Crippen molar-refractivity contribution in [1.82, 2.24) is 10.2 Å². The Labute approximate surface area is 91.2 Å². The largest absolute Gasteiger partial charge is 0.368 e. The normalized spacial score (nSPS) is 33.7. The van der Waals surface area contributed by atoms with Crippen molar-refractivity contribution >= 4 is 5.91 Å². The molecular weight excluding hydrogens is 190 g/mol. The molecule has 4 heteroatoms. The predicted octanol–water partition coefficient (Wildman–Crippen LogP) is -0.0659. The van der Waals surface area contributed by atoms with Gasteiger partial charge in [-0.1, -0.05) is 6.92 Å². The number of nitrogens with zero attached hydrogens (tertiary/aromatic N) is 1.